The van der Waals surface area contributed by atoms with Crippen molar-refractivity contribution in [1.82, 2.24) is 4.98 Å². The smallest absolute Gasteiger partial charge is 0.169 e. The molecule has 0 radical (unpaired) electrons. The highest BCUT2D eigenvalue weighted by Gasteiger charge is 2.00. The van der Waals surface area contributed by atoms with Gasteiger partial charge in [0.2, 0.25) is 0 Å². The maximum Gasteiger partial charge on any atom is 0.169 e. The van der Waals surface area contributed by atoms with Crippen molar-refractivity contribution in [3.05, 3.63) is 22.9 Å². The molecule has 1 rings (SSSR count). The van der Waals surface area contributed by atoms with Crippen LogP contribution in [0.15, 0.2) is 22.9 Å². The Bertz CT molecular complexity index is 301. The molecule has 0 saturated carbocycles. The molecule has 0 aliphatic carbocycles. The molecular formula is C9H10BrNO2. The van der Waals surface area contributed by atoms with Crippen LogP contribution in [0.4, 0.5) is 0 Å². The lowest BCUT2D eigenvalue weighted by Gasteiger charge is -2.03. The van der Waals surface area contributed by atoms with E-state index in [0.29, 0.717) is 12.2 Å². The molecular weight excluding hydrogens is 234 g/mol. The number of ether oxygens (including phenoxy) is 1. The van der Waals surface area contributed by atoms with Gasteiger partial charge in [-0.25, -0.2) is 0 Å². The van der Waals surface area contributed by atoms with E-state index in [-0.39, 0.29) is 12.4 Å². The first kappa shape index (κ1) is 10.2. The SMILES string of the molecule is CCC(=O)COc1cncc(Br)c1. The molecule has 0 amide bonds. The number of rotatable bonds is 4. The largest absolute Gasteiger partial charge is 0.484 e. The van der Waals surface area contributed by atoms with Crippen molar-refractivity contribution < 1.29 is 9.53 Å². The second kappa shape index (κ2) is 4.97. The third-order valence-corrected chi connectivity index (χ3v) is 1.91. The van der Waals surface area contributed by atoms with E-state index in [2.05, 4.69) is 20.9 Å². The summed E-state index contributed by atoms with van der Waals surface area (Å²) in [7, 11) is 0. The van der Waals surface area contributed by atoms with Crippen molar-refractivity contribution in [2.24, 2.45) is 0 Å². The highest BCUT2D eigenvalue weighted by atomic mass is 79.9. The van der Waals surface area contributed by atoms with Crippen LogP contribution in [-0.4, -0.2) is 17.4 Å². The second-order valence-electron chi connectivity index (χ2n) is 2.52. The highest BCUT2D eigenvalue weighted by Crippen LogP contribution is 2.15. The van der Waals surface area contributed by atoms with Gasteiger partial charge in [-0.05, 0) is 22.0 Å². The molecule has 13 heavy (non-hydrogen) atoms. The van der Waals surface area contributed by atoms with E-state index in [0.717, 1.165) is 4.47 Å². The van der Waals surface area contributed by atoms with Crippen molar-refractivity contribution in [2.45, 2.75) is 13.3 Å². The van der Waals surface area contributed by atoms with Crippen LogP contribution in [0.2, 0.25) is 0 Å². The number of pyridine rings is 1. The van der Waals surface area contributed by atoms with Crippen LogP contribution in [0.25, 0.3) is 0 Å². The summed E-state index contributed by atoms with van der Waals surface area (Å²) in [4.78, 5) is 14.8. The number of nitrogens with zero attached hydrogens (tertiary/aromatic N) is 1. The fraction of sp³-hybridized carbons (Fsp3) is 0.333. The molecule has 0 aliphatic rings. The Morgan fingerprint density at radius 3 is 3.00 bits per heavy atom. The topological polar surface area (TPSA) is 39.2 Å². The normalized spacial score (nSPS) is 9.69. The lowest BCUT2D eigenvalue weighted by molar-refractivity contribution is -0.120. The van der Waals surface area contributed by atoms with Gasteiger partial charge < -0.3 is 4.74 Å². The summed E-state index contributed by atoms with van der Waals surface area (Å²) in [6.45, 7) is 1.93. The fourth-order valence-corrected chi connectivity index (χ4v) is 1.08. The number of hydrogen-bond acceptors (Lipinski definition) is 3. The van der Waals surface area contributed by atoms with E-state index in [9.17, 15) is 4.79 Å². The van der Waals surface area contributed by atoms with Gasteiger partial charge in [-0.15, -0.1) is 0 Å². The monoisotopic (exact) mass is 243 g/mol. The van der Waals surface area contributed by atoms with E-state index < -0.39 is 0 Å². The average molecular weight is 244 g/mol. The maximum atomic E-state index is 10.9. The molecule has 70 valence electrons. The van der Waals surface area contributed by atoms with Gasteiger partial charge in [-0.3, -0.25) is 9.78 Å². The van der Waals surface area contributed by atoms with Crippen LogP contribution in [0.3, 0.4) is 0 Å². The Morgan fingerprint density at radius 1 is 1.62 bits per heavy atom. The van der Waals surface area contributed by atoms with Crippen molar-refractivity contribution in [2.75, 3.05) is 6.61 Å². The van der Waals surface area contributed by atoms with E-state index in [1.807, 2.05) is 6.92 Å². The van der Waals surface area contributed by atoms with Crippen LogP contribution >= 0.6 is 15.9 Å². The molecule has 1 aromatic heterocycles. The number of aromatic nitrogens is 1. The van der Waals surface area contributed by atoms with Crippen molar-refractivity contribution in [3.63, 3.8) is 0 Å². The van der Waals surface area contributed by atoms with Crippen LogP contribution in [0, 0.1) is 0 Å². The molecule has 0 spiro atoms. The van der Waals surface area contributed by atoms with Crippen LogP contribution in [0.1, 0.15) is 13.3 Å². The van der Waals surface area contributed by atoms with E-state index in [1.54, 1.807) is 18.5 Å². The molecule has 0 atom stereocenters. The minimum absolute atomic E-state index is 0.0833. The molecule has 4 heteroatoms. The molecule has 3 nitrogen and oxygen atoms in total. The Morgan fingerprint density at radius 2 is 2.38 bits per heavy atom. The summed E-state index contributed by atoms with van der Waals surface area (Å²) in [5, 5.41) is 0. The van der Waals surface area contributed by atoms with Gasteiger partial charge in [-0.2, -0.15) is 0 Å². The first-order chi connectivity index (χ1) is 6.22. The van der Waals surface area contributed by atoms with E-state index in [4.69, 9.17) is 4.74 Å². The number of carbonyl (C=O) groups excluding carboxylic acids is 1. The molecule has 1 aromatic rings. The lowest BCUT2D eigenvalue weighted by atomic mass is 10.3. The van der Waals surface area contributed by atoms with Crippen LogP contribution < -0.4 is 4.74 Å². The minimum atomic E-state index is 0.0833. The summed E-state index contributed by atoms with van der Waals surface area (Å²) >= 11 is 3.26. The zero-order chi connectivity index (χ0) is 9.68. The number of ketones is 1. The van der Waals surface area contributed by atoms with Crippen molar-refractivity contribution in [3.8, 4) is 5.75 Å². The Hall–Kier alpha value is -0.900. The molecule has 0 saturated heterocycles. The zero-order valence-electron chi connectivity index (χ0n) is 7.29. The molecule has 0 aromatic carbocycles. The number of Topliss-reactive ketones (excluding diaryl/α,β-unsaturated/α-hetero) is 1. The fourth-order valence-electron chi connectivity index (χ4n) is 0.737. The molecule has 1 heterocycles. The third kappa shape index (κ3) is 3.55. The van der Waals surface area contributed by atoms with Gasteiger partial charge in [0, 0.05) is 17.1 Å². The second-order valence-corrected chi connectivity index (χ2v) is 3.44. The zero-order valence-corrected chi connectivity index (χ0v) is 8.87. The van der Waals surface area contributed by atoms with Crippen molar-refractivity contribution >= 4 is 21.7 Å². The first-order valence-electron chi connectivity index (χ1n) is 3.97. The molecule has 0 aliphatic heterocycles. The first-order valence-corrected chi connectivity index (χ1v) is 4.76. The van der Waals surface area contributed by atoms with Crippen LogP contribution in [0.5, 0.6) is 5.75 Å². The number of halogens is 1. The maximum absolute atomic E-state index is 10.9. The standard InChI is InChI=1S/C9H10BrNO2/c1-2-8(12)6-13-9-3-7(10)4-11-5-9/h3-5H,2,6H2,1H3. The Kier molecular flexibility index (Phi) is 3.89. The Labute approximate surface area is 85.3 Å². The third-order valence-electron chi connectivity index (χ3n) is 1.47. The van der Waals surface area contributed by atoms with Gasteiger partial charge >= 0.3 is 0 Å². The molecule has 0 unspecified atom stereocenters. The average Bonchev–Trinajstić information content (AvgIpc) is 2.14. The summed E-state index contributed by atoms with van der Waals surface area (Å²) in [5.74, 6) is 0.691. The molecule has 0 fully saturated rings. The summed E-state index contributed by atoms with van der Waals surface area (Å²) < 4.78 is 6.04. The highest BCUT2D eigenvalue weighted by molar-refractivity contribution is 9.10. The number of hydrogen-bond donors (Lipinski definition) is 0. The summed E-state index contributed by atoms with van der Waals surface area (Å²) in [5.41, 5.74) is 0. The summed E-state index contributed by atoms with van der Waals surface area (Å²) in [6, 6.07) is 1.77. The van der Waals surface area contributed by atoms with Crippen LogP contribution in [-0.2, 0) is 4.79 Å². The van der Waals surface area contributed by atoms with E-state index in [1.165, 1.54) is 0 Å². The van der Waals surface area contributed by atoms with Gasteiger partial charge in [-0.1, -0.05) is 6.92 Å². The molecule has 0 N–H and O–H groups in total. The molecule has 0 bridgehead atoms. The predicted molar refractivity (Wildman–Crippen MR) is 52.7 cm³/mol. The van der Waals surface area contributed by atoms with Crippen molar-refractivity contribution in [1.29, 1.82) is 0 Å². The van der Waals surface area contributed by atoms with Gasteiger partial charge in [0.25, 0.3) is 0 Å². The van der Waals surface area contributed by atoms with Gasteiger partial charge in [0.1, 0.15) is 12.4 Å². The predicted octanol–water partition coefficient (Wildman–Crippen LogP) is 2.20. The van der Waals surface area contributed by atoms with Gasteiger partial charge in [0.05, 0.1) is 6.20 Å². The van der Waals surface area contributed by atoms with E-state index >= 15 is 0 Å². The summed E-state index contributed by atoms with van der Waals surface area (Å²) in [6.07, 6.45) is 3.74. The number of carbonyl (C=O) groups is 1. The Balaban J connectivity index is 2.50. The minimum Gasteiger partial charge on any atom is -0.484 e. The quantitative estimate of drug-likeness (QED) is 0.814. The lowest BCUT2D eigenvalue weighted by Crippen LogP contribution is -2.09. The van der Waals surface area contributed by atoms with Gasteiger partial charge in [0.15, 0.2) is 5.78 Å².